The summed E-state index contributed by atoms with van der Waals surface area (Å²) >= 11 is 7.16. The molecule has 0 aromatic carbocycles. The van der Waals surface area contributed by atoms with Gasteiger partial charge in [0, 0.05) is 0 Å². The van der Waals surface area contributed by atoms with Crippen LogP contribution in [0, 0.1) is 5.92 Å². The Kier molecular flexibility index (Phi) is 5.59. The molecule has 0 saturated heterocycles. The van der Waals surface area contributed by atoms with Gasteiger partial charge in [-0.2, -0.15) is 0 Å². The van der Waals surface area contributed by atoms with Gasteiger partial charge in [-0.25, -0.2) is 4.79 Å². The number of hydrogen-bond donors (Lipinski definition) is 1. The molecule has 1 rings (SSSR count). The standard InChI is InChI=1S/C14H20ClNO3S/c1-8(2)10(13(18)19-14(3,4)5)16-12(17)11-9(15)6-7-20-11/h6-8,10H,1-5H3,(H,16,17)/t10-/m0/s1. The number of thiophene rings is 1. The summed E-state index contributed by atoms with van der Waals surface area (Å²) in [4.78, 5) is 24.6. The average Bonchev–Trinajstić information content (AvgIpc) is 2.69. The third kappa shape index (κ3) is 4.80. The molecule has 1 N–H and O–H groups in total. The molecule has 0 unspecified atom stereocenters. The van der Waals surface area contributed by atoms with Crippen LogP contribution in [0.15, 0.2) is 11.4 Å². The lowest BCUT2D eigenvalue weighted by Gasteiger charge is -2.26. The summed E-state index contributed by atoms with van der Waals surface area (Å²) in [6.45, 7) is 9.08. The van der Waals surface area contributed by atoms with Gasteiger partial charge in [0.05, 0.1) is 5.02 Å². The van der Waals surface area contributed by atoms with E-state index in [9.17, 15) is 9.59 Å². The van der Waals surface area contributed by atoms with Gasteiger partial charge in [0.25, 0.3) is 5.91 Å². The first kappa shape index (κ1) is 17.0. The van der Waals surface area contributed by atoms with Gasteiger partial charge in [-0.3, -0.25) is 4.79 Å². The smallest absolute Gasteiger partial charge is 0.329 e. The Labute approximate surface area is 128 Å². The molecule has 4 nitrogen and oxygen atoms in total. The van der Waals surface area contributed by atoms with Crippen LogP contribution in [0.2, 0.25) is 5.02 Å². The van der Waals surface area contributed by atoms with Crippen LogP contribution in [0.5, 0.6) is 0 Å². The van der Waals surface area contributed by atoms with Gasteiger partial charge in [0.2, 0.25) is 0 Å². The lowest BCUT2D eigenvalue weighted by atomic mass is 10.0. The molecule has 0 saturated carbocycles. The fourth-order valence-corrected chi connectivity index (χ4v) is 2.57. The van der Waals surface area contributed by atoms with Crippen LogP contribution in [0.3, 0.4) is 0 Å². The highest BCUT2D eigenvalue weighted by molar-refractivity contribution is 7.12. The predicted molar refractivity (Wildman–Crippen MR) is 81.3 cm³/mol. The van der Waals surface area contributed by atoms with Gasteiger partial charge in [-0.15, -0.1) is 11.3 Å². The minimum Gasteiger partial charge on any atom is -0.458 e. The molecular weight excluding hydrogens is 298 g/mol. The number of rotatable bonds is 4. The van der Waals surface area contributed by atoms with Crippen molar-refractivity contribution in [1.82, 2.24) is 5.32 Å². The van der Waals surface area contributed by atoms with Crippen LogP contribution in [-0.2, 0) is 9.53 Å². The third-order valence-corrected chi connectivity index (χ3v) is 3.78. The van der Waals surface area contributed by atoms with Crippen LogP contribution in [0.4, 0.5) is 0 Å². The lowest BCUT2D eigenvalue weighted by molar-refractivity contribution is -0.158. The maximum absolute atomic E-state index is 12.1. The Bertz CT molecular complexity index is 491. The summed E-state index contributed by atoms with van der Waals surface area (Å²) in [5.74, 6) is -0.865. The van der Waals surface area contributed by atoms with Crippen molar-refractivity contribution in [3.63, 3.8) is 0 Å². The predicted octanol–water partition coefficient (Wildman–Crippen LogP) is 3.50. The summed E-state index contributed by atoms with van der Waals surface area (Å²) in [5.41, 5.74) is -0.588. The molecule has 1 aromatic heterocycles. The number of esters is 1. The number of amides is 1. The molecule has 0 bridgehead atoms. The van der Waals surface area contributed by atoms with Crippen molar-refractivity contribution in [3.8, 4) is 0 Å². The Hall–Kier alpha value is -1.07. The molecule has 1 amide bonds. The van der Waals surface area contributed by atoms with E-state index in [2.05, 4.69) is 5.32 Å². The maximum Gasteiger partial charge on any atom is 0.329 e. The molecular formula is C14H20ClNO3S. The molecule has 0 fully saturated rings. The van der Waals surface area contributed by atoms with E-state index in [1.54, 1.807) is 32.2 Å². The van der Waals surface area contributed by atoms with E-state index < -0.39 is 17.6 Å². The van der Waals surface area contributed by atoms with Crippen LogP contribution in [-0.4, -0.2) is 23.5 Å². The second-order valence-electron chi connectivity index (χ2n) is 5.83. The molecule has 20 heavy (non-hydrogen) atoms. The first-order valence-electron chi connectivity index (χ1n) is 6.38. The summed E-state index contributed by atoms with van der Waals surface area (Å²) in [6.07, 6.45) is 0. The number of nitrogens with one attached hydrogen (secondary N) is 1. The molecule has 0 aliphatic rings. The molecule has 112 valence electrons. The maximum atomic E-state index is 12.1. The Morgan fingerprint density at radius 3 is 2.35 bits per heavy atom. The summed E-state index contributed by atoms with van der Waals surface area (Å²) in [7, 11) is 0. The monoisotopic (exact) mass is 317 g/mol. The zero-order valence-corrected chi connectivity index (χ0v) is 13.9. The fourth-order valence-electron chi connectivity index (χ4n) is 1.53. The summed E-state index contributed by atoms with van der Waals surface area (Å²) in [6, 6.07) is 0.957. The second-order valence-corrected chi connectivity index (χ2v) is 7.15. The second kappa shape index (κ2) is 6.59. The van der Waals surface area contributed by atoms with Crippen molar-refractivity contribution in [2.24, 2.45) is 5.92 Å². The number of carbonyl (C=O) groups is 2. The Balaban J connectivity index is 2.81. The van der Waals surface area contributed by atoms with Gasteiger partial charge in [-0.1, -0.05) is 25.4 Å². The van der Waals surface area contributed by atoms with Gasteiger partial charge in [-0.05, 0) is 38.1 Å². The first-order valence-corrected chi connectivity index (χ1v) is 7.64. The minimum atomic E-state index is -0.695. The molecule has 6 heteroatoms. The molecule has 0 aliphatic carbocycles. The van der Waals surface area contributed by atoms with Crippen molar-refractivity contribution >= 4 is 34.8 Å². The minimum absolute atomic E-state index is 0.0764. The highest BCUT2D eigenvalue weighted by Crippen LogP contribution is 2.22. The normalized spacial score (nSPS) is 13.2. The zero-order chi connectivity index (χ0) is 15.5. The quantitative estimate of drug-likeness (QED) is 0.865. The Morgan fingerprint density at radius 2 is 1.95 bits per heavy atom. The van der Waals surface area contributed by atoms with Crippen LogP contribution in [0.1, 0.15) is 44.3 Å². The first-order chi connectivity index (χ1) is 9.11. The average molecular weight is 318 g/mol. The highest BCUT2D eigenvalue weighted by Gasteiger charge is 2.30. The fraction of sp³-hybridized carbons (Fsp3) is 0.571. The molecule has 0 spiro atoms. The van der Waals surface area contributed by atoms with Crippen LogP contribution >= 0.6 is 22.9 Å². The molecule has 0 aliphatic heterocycles. The largest absolute Gasteiger partial charge is 0.458 e. The van der Waals surface area contributed by atoms with Crippen LogP contribution in [0.25, 0.3) is 0 Å². The van der Waals surface area contributed by atoms with E-state index in [1.165, 1.54) is 11.3 Å². The number of carbonyl (C=O) groups excluding carboxylic acids is 2. The molecule has 1 atom stereocenters. The van der Waals surface area contributed by atoms with E-state index >= 15 is 0 Å². The molecule has 1 aromatic rings. The van der Waals surface area contributed by atoms with Gasteiger partial charge >= 0.3 is 5.97 Å². The van der Waals surface area contributed by atoms with Gasteiger partial charge in [0.1, 0.15) is 16.5 Å². The summed E-state index contributed by atoms with van der Waals surface area (Å²) in [5, 5.41) is 4.81. The van der Waals surface area contributed by atoms with E-state index in [0.29, 0.717) is 9.90 Å². The van der Waals surface area contributed by atoms with Gasteiger partial charge in [0.15, 0.2) is 0 Å². The van der Waals surface area contributed by atoms with Crippen molar-refractivity contribution in [2.75, 3.05) is 0 Å². The van der Waals surface area contributed by atoms with Crippen molar-refractivity contribution < 1.29 is 14.3 Å². The van der Waals surface area contributed by atoms with Crippen molar-refractivity contribution in [1.29, 1.82) is 0 Å². The number of ether oxygens (including phenoxy) is 1. The molecule has 0 radical (unpaired) electrons. The zero-order valence-electron chi connectivity index (χ0n) is 12.3. The van der Waals surface area contributed by atoms with Crippen molar-refractivity contribution in [2.45, 2.75) is 46.3 Å². The van der Waals surface area contributed by atoms with E-state index in [1.807, 2.05) is 13.8 Å². The lowest BCUT2D eigenvalue weighted by Crippen LogP contribution is -2.47. The van der Waals surface area contributed by atoms with Crippen molar-refractivity contribution in [3.05, 3.63) is 21.3 Å². The highest BCUT2D eigenvalue weighted by atomic mass is 35.5. The van der Waals surface area contributed by atoms with E-state index in [0.717, 1.165) is 0 Å². The van der Waals surface area contributed by atoms with E-state index in [4.69, 9.17) is 16.3 Å². The topological polar surface area (TPSA) is 55.4 Å². The molecule has 1 heterocycles. The number of hydrogen-bond acceptors (Lipinski definition) is 4. The number of halogens is 1. The third-order valence-electron chi connectivity index (χ3n) is 2.44. The Morgan fingerprint density at radius 1 is 1.35 bits per heavy atom. The SMILES string of the molecule is CC(C)[C@H](NC(=O)c1sccc1Cl)C(=O)OC(C)(C)C. The van der Waals surface area contributed by atoms with Gasteiger partial charge < -0.3 is 10.1 Å². The van der Waals surface area contributed by atoms with E-state index in [-0.39, 0.29) is 11.8 Å². The summed E-state index contributed by atoms with van der Waals surface area (Å²) < 4.78 is 5.33. The van der Waals surface area contributed by atoms with Crippen LogP contribution < -0.4 is 5.32 Å².